The van der Waals surface area contributed by atoms with Crippen molar-refractivity contribution in [2.24, 2.45) is 0 Å². The van der Waals surface area contributed by atoms with Gasteiger partial charge in [-0.15, -0.1) is 0 Å². The van der Waals surface area contributed by atoms with E-state index >= 15 is 0 Å². The summed E-state index contributed by atoms with van der Waals surface area (Å²) in [6.07, 6.45) is 0. The number of likely N-dealkylation sites (N-methyl/N-ethyl adjacent to an activating group) is 1. The zero-order chi connectivity index (χ0) is 16.8. The molecule has 0 aliphatic heterocycles. The molecule has 118 valence electrons. The topological polar surface area (TPSA) is 56.1 Å². The predicted octanol–water partition coefficient (Wildman–Crippen LogP) is 3.42. The van der Waals surface area contributed by atoms with Crippen LogP contribution in [0, 0.1) is 17.1 Å². The molecule has 6 heteroatoms. The Bertz CT molecular complexity index is 737. The lowest BCUT2D eigenvalue weighted by Gasteiger charge is -2.17. The Kier molecular flexibility index (Phi) is 5.69. The van der Waals surface area contributed by atoms with Crippen LogP contribution in [0.1, 0.15) is 11.1 Å². The van der Waals surface area contributed by atoms with Crippen molar-refractivity contribution in [3.63, 3.8) is 0 Å². The largest absolute Gasteiger partial charge is 0.324 e. The van der Waals surface area contributed by atoms with E-state index < -0.39 is 5.82 Å². The lowest BCUT2D eigenvalue weighted by molar-refractivity contribution is -0.117. The van der Waals surface area contributed by atoms with Gasteiger partial charge in [0.05, 0.1) is 17.8 Å². The molecule has 2 aromatic carbocycles. The minimum absolute atomic E-state index is 0.0461. The highest BCUT2D eigenvalue weighted by molar-refractivity contribution is 6.31. The van der Waals surface area contributed by atoms with Crippen molar-refractivity contribution < 1.29 is 9.18 Å². The van der Waals surface area contributed by atoms with Crippen LogP contribution >= 0.6 is 11.6 Å². The van der Waals surface area contributed by atoms with Crippen molar-refractivity contribution in [3.05, 3.63) is 64.4 Å². The number of nitrogens with one attached hydrogen (secondary N) is 1. The van der Waals surface area contributed by atoms with E-state index in [1.54, 1.807) is 42.3 Å². The van der Waals surface area contributed by atoms with Crippen molar-refractivity contribution in [1.82, 2.24) is 4.90 Å². The third kappa shape index (κ3) is 4.52. The lowest BCUT2D eigenvalue weighted by Crippen LogP contribution is -2.30. The van der Waals surface area contributed by atoms with E-state index in [4.69, 9.17) is 16.9 Å². The van der Waals surface area contributed by atoms with Crippen LogP contribution in [0.25, 0.3) is 0 Å². The summed E-state index contributed by atoms with van der Waals surface area (Å²) in [5.41, 5.74) is 1.19. The van der Waals surface area contributed by atoms with Gasteiger partial charge in [0, 0.05) is 17.1 Å². The SMILES string of the molecule is CN(CC(=O)Nc1ccccc1C#N)Cc1c(F)cccc1Cl. The number of hydrogen-bond acceptors (Lipinski definition) is 3. The first-order chi connectivity index (χ1) is 11.0. The molecule has 2 aromatic rings. The van der Waals surface area contributed by atoms with E-state index in [1.165, 1.54) is 12.1 Å². The summed E-state index contributed by atoms with van der Waals surface area (Å²) < 4.78 is 13.7. The second-order valence-electron chi connectivity index (χ2n) is 5.08. The first-order valence-corrected chi connectivity index (χ1v) is 7.29. The molecule has 1 amide bonds. The number of nitrogens with zero attached hydrogens (tertiary/aromatic N) is 2. The van der Waals surface area contributed by atoms with E-state index in [0.717, 1.165) is 0 Å². The standard InChI is InChI=1S/C17H15ClFN3O/c1-22(10-13-14(18)6-4-7-15(13)19)11-17(23)21-16-8-3-2-5-12(16)9-20/h2-8H,10-11H2,1H3,(H,21,23). The summed E-state index contributed by atoms with van der Waals surface area (Å²) in [6.45, 7) is 0.253. The maximum Gasteiger partial charge on any atom is 0.238 e. The molecule has 0 fully saturated rings. The first-order valence-electron chi connectivity index (χ1n) is 6.91. The molecule has 0 aliphatic rings. The van der Waals surface area contributed by atoms with Gasteiger partial charge < -0.3 is 5.32 Å². The Morgan fingerprint density at radius 1 is 1.30 bits per heavy atom. The molecule has 0 unspecified atom stereocenters. The van der Waals surface area contributed by atoms with E-state index in [0.29, 0.717) is 21.8 Å². The maximum absolute atomic E-state index is 13.7. The molecule has 2 rings (SSSR count). The molecule has 0 atom stereocenters. The highest BCUT2D eigenvalue weighted by Gasteiger charge is 2.13. The first kappa shape index (κ1) is 16.9. The van der Waals surface area contributed by atoms with E-state index in [9.17, 15) is 9.18 Å². The predicted molar refractivity (Wildman–Crippen MR) is 87.5 cm³/mol. The average molecular weight is 332 g/mol. The van der Waals surface area contributed by atoms with Gasteiger partial charge in [-0.3, -0.25) is 9.69 Å². The second-order valence-corrected chi connectivity index (χ2v) is 5.49. The number of hydrogen-bond donors (Lipinski definition) is 1. The average Bonchev–Trinajstić information content (AvgIpc) is 2.51. The lowest BCUT2D eigenvalue weighted by atomic mass is 10.2. The van der Waals surface area contributed by atoms with Gasteiger partial charge in [-0.2, -0.15) is 5.26 Å². The molecule has 1 N–H and O–H groups in total. The van der Waals surface area contributed by atoms with Crippen LogP contribution in [-0.4, -0.2) is 24.4 Å². The molecule has 4 nitrogen and oxygen atoms in total. The third-order valence-corrected chi connectivity index (χ3v) is 3.58. The van der Waals surface area contributed by atoms with Gasteiger partial charge in [-0.05, 0) is 31.3 Å². The number of anilines is 1. The van der Waals surface area contributed by atoms with Gasteiger partial charge >= 0.3 is 0 Å². The fraction of sp³-hybridized carbons (Fsp3) is 0.176. The highest BCUT2D eigenvalue weighted by atomic mass is 35.5. The van der Waals surface area contributed by atoms with Crippen LogP contribution in [0.15, 0.2) is 42.5 Å². The van der Waals surface area contributed by atoms with Gasteiger partial charge in [0.25, 0.3) is 0 Å². The summed E-state index contributed by atoms with van der Waals surface area (Å²) in [4.78, 5) is 13.7. The molecule has 0 aromatic heterocycles. The van der Waals surface area contributed by atoms with Crippen molar-refractivity contribution in [3.8, 4) is 6.07 Å². The van der Waals surface area contributed by atoms with Gasteiger partial charge in [0.2, 0.25) is 5.91 Å². The Balaban J connectivity index is 1.99. The molecule has 0 saturated heterocycles. The zero-order valence-corrected chi connectivity index (χ0v) is 13.3. The van der Waals surface area contributed by atoms with Crippen molar-refractivity contribution >= 4 is 23.2 Å². The number of benzene rings is 2. The molecular formula is C17H15ClFN3O. The van der Waals surface area contributed by atoms with E-state index in [1.807, 2.05) is 6.07 Å². The van der Waals surface area contributed by atoms with Gasteiger partial charge in [-0.1, -0.05) is 29.8 Å². The number of carbonyl (C=O) groups excluding carboxylic acids is 1. The van der Waals surface area contributed by atoms with Crippen LogP contribution in [0.5, 0.6) is 0 Å². The van der Waals surface area contributed by atoms with Crippen molar-refractivity contribution in [2.45, 2.75) is 6.54 Å². The van der Waals surface area contributed by atoms with Crippen LogP contribution in [0.4, 0.5) is 10.1 Å². The summed E-state index contributed by atoms with van der Waals surface area (Å²) in [7, 11) is 1.69. The van der Waals surface area contributed by atoms with Gasteiger partial charge in [0.15, 0.2) is 0 Å². The minimum Gasteiger partial charge on any atom is -0.324 e. The highest BCUT2D eigenvalue weighted by Crippen LogP contribution is 2.20. The molecular weight excluding hydrogens is 317 g/mol. The molecule has 0 bridgehead atoms. The quantitative estimate of drug-likeness (QED) is 0.913. The van der Waals surface area contributed by atoms with Crippen LogP contribution in [-0.2, 0) is 11.3 Å². The second kappa shape index (κ2) is 7.73. The van der Waals surface area contributed by atoms with Crippen molar-refractivity contribution in [1.29, 1.82) is 5.26 Å². The number of rotatable bonds is 5. The molecule has 0 saturated carbocycles. The van der Waals surface area contributed by atoms with Gasteiger partial charge in [-0.25, -0.2) is 4.39 Å². The summed E-state index contributed by atoms with van der Waals surface area (Å²) in [5, 5.41) is 12.0. The van der Waals surface area contributed by atoms with Crippen LogP contribution < -0.4 is 5.32 Å². The molecule has 0 heterocycles. The Hall–Kier alpha value is -2.42. The minimum atomic E-state index is -0.403. The number of amides is 1. The van der Waals surface area contributed by atoms with E-state index in [-0.39, 0.29) is 19.0 Å². The maximum atomic E-state index is 13.7. The van der Waals surface area contributed by atoms with Crippen LogP contribution in [0.2, 0.25) is 5.02 Å². The van der Waals surface area contributed by atoms with Crippen molar-refractivity contribution in [2.75, 3.05) is 18.9 Å². The Morgan fingerprint density at radius 3 is 2.74 bits per heavy atom. The number of carbonyl (C=O) groups is 1. The number of nitriles is 1. The Labute approximate surface area is 139 Å². The fourth-order valence-corrected chi connectivity index (χ4v) is 2.36. The van der Waals surface area contributed by atoms with Gasteiger partial charge in [0.1, 0.15) is 11.9 Å². The fourth-order valence-electron chi connectivity index (χ4n) is 2.13. The summed E-state index contributed by atoms with van der Waals surface area (Å²) >= 11 is 5.98. The monoisotopic (exact) mass is 331 g/mol. The van der Waals surface area contributed by atoms with E-state index in [2.05, 4.69) is 5.32 Å². The third-order valence-electron chi connectivity index (χ3n) is 3.22. The molecule has 23 heavy (non-hydrogen) atoms. The molecule has 0 spiro atoms. The zero-order valence-electron chi connectivity index (χ0n) is 12.5. The normalized spacial score (nSPS) is 10.4. The summed E-state index contributed by atoms with van der Waals surface area (Å²) in [6, 6.07) is 13.2. The Morgan fingerprint density at radius 2 is 2.04 bits per heavy atom. The number of halogens is 2. The summed E-state index contributed by atoms with van der Waals surface area (Å²) in [5.74, 6) is -0.692. The molecule has 0 radical (unpaired) electrons. The molecule has 0 aliphatic carbocycles. The number of para-hydroxylation sites is 1. The van der Waals surface area contributed by atoms with Crippen LogP contribution in [0.3, 0.4) is 0 Å². The smallest absolute Gasteiger partial charge is 0.238 e.